The van der Waals surface area contributed by atoms with Crippen molar-refractivity contribution in [1.29, 1.82) is 0 Å². The van der Waals surface area contributed by atoms with Crippen molar-refractivity contribution in [3.63, 3.8) is 0 Å². The summed E-state index contributed by atoms with van der Waals surface area (Å²) < 4.78 is 25.7. The van der Waals surface area contributed by atoms with E-state index in [-0.39, 0.29) is 23.5 Å². The van der Waals surface area contributed by atoms with Gasteiger partial charge in [-0.3, -0.25) is 4.79 Å². The average molecular weight is 306 g/mol. The number of nitrogens with zero attached hydrogens (tertiary/aromatic N) is 2. The molecule has 0 bridgehead atoms. The molecule has 0 radical (unpaired) electrons. The molecule has 1 fully saturated rings. The molecule has 0 N–H and O–H groups in total. The summed E-state index contributed by atoms with van der Waals surface area (Å²) in [5, 5.41) is -0.372. The third kappa shape index (κ3) is 2.68. The van der Waals surface area contributed by atoms with Crippen molar-refractivity contribution in [2.75, 3.05) is 18.8 Å². The molecular formula is C15H18N2O3S. The molecular weight excluding hydrogens is 288 g/mol. The summed E-state index contributed by atoms with van der Waals surface area (Å²) in [6, 6.07) is 7.60. The number of hydrogen-bond donors (Lipinski definition) is 0. The molecule has 0 aromatic carbocycles. The number of rotatable bonds is 1. The van der Waals surface area contributed by atoms with Crippen LogP contribution < -0.4 is 0 Å². The molecule has 1 aliphatic rings. The van der Waals surface area contributed by atoms with Gasteiger partial charge in [-0.25, -0.2) is 8.42 Å². The molecule has 5 nitrogen and oxygen atoms in total. The predicted octanol–water partition coefficient (Wildman–Crippen LogP) is 1.59. The molecule has 2 aromatic heterocycles. The monoisotopic (exact) mass is 306 g/mol. The predicted molar refractivity (Wildman–Crippen MR) is 81.2 cm³/mol. The fourth-order valence-electron chi connectivity index (χ4n) is 2.63. The first kappa shape index (κ1) is 14.1. The van der Waals surface area contributed by atoms with E-state index < -0.39 is 9.84 Å². The number of carbonyl (C=O) groups is 1. The standard InChI is InChI=1S/C15H18N2O3S/c1-12-5-7-16(8-9-21(12,19)20)15(18)13-10-14-4-2-3-6-17(14)11-13/h2-4,6,10-12H,5,7-9H2,1H3/t12-/m1/s1. The molecule has 21 heavy (non-hydrogen) atoms. The fraction of sp³-hybridized carbons (Fsp3) is 0.400. The van der Waals surface area contributed by atoms with Gasteiger partial charge < -0.3 is 9.30 Å². The average Bonchev–Trinajstić information content (AvgIpc) is 2.84. The van der Waals surface area contributed by atoms with Gasteiger partial charge in [0, 0.05) is 31.0 Å². The summed E-state index contributed by atoms with van der Waals surface area (Å²) in [7, 11) is -3.07. The summed E-state index contributed by atoms with van der Waals surface area (Å²) in [4.78, 5) is 14.2. The molecule has 6 heteroatoms. The molecule has 3 rings (SSSR count). The molecule has 0 spiro atoms. The SMILES string of the molecule is C[C@@H]1CCN(C(=O)c2cc3ccccn3c2)CCS1(=O)=O. The molecule has 1 atom stereocenters. The summed E-state index contributed by atoms with van der Waals surface area (Å²) >= 11 is 0. The molecule has 0 unspecified atom stereocenters. The molecule has 3 heterocycles. The Morgan fingerprint density at radius 2 is 2.10 bits per heavy atom. The van der Waals surface area contributed by atoms with Crippen LogP contribution in [0.2, 0.25) is 0 Å². The molecule has 112 valence electrons. The Hall–Kier alpha value is -1.82. The van der Waals surface area contributed by atoms with Crippen LogP contribution in [0.3, 0.4) is 0 Å². The normalized spacial score (nSPS) is 22.1. The van der Waals surface area contributed by atoms with Crippen LogP contribution in [0.5, 0.6) is 0 Å². The van der Waals surface area contributed by atoms with Gasteiger partial charge in [-0.1, -0.05) is 6.07 Å². The maximum absolute atomic E-state index is 12.6. The van der Waals surface area contributed by atoms with Crippen molar-refractivity contribution in [3.8, 4) is 0 Å². The smallest absolute Gasteiger partial charge is 0.255 e. The lowest BCUT2D eigenvalue weighted by atomic mass is 10.2. The first-order valence-corrected chi connectivity index (χ1v) is 8.76. The first-order chi connectivity index (χ1) is 9.97. The van der Waals surface area contributed by atoms with E-state index >= 15 is 0 Å². The highest BCUT2D eigenvalue weighted by Gasteiger charge is 2.29. The lowest BCUT2D eigenvalue weighted by Gasteiger charge is -2.18. The van der Waals surface area contributed by atoms with Crippen LogP contribution in [0, 0.1) is 0 Å². The largest absolute Gasteiger partial charge is 0.338 e. The zero-order valence-electron chi connectivity index (χ0n) is 11.9. The maximum Gasteiger partial charge on any atom is 0.255 e. The van der Waals surface area contributed by atoms with Crippen LogP contribution in [0.1, 0.15) is 23.7 Å². The summed E-state index contributed by atoms with van der Waals surface area (Å²) in [5.41, 5.74) is 1.56. The van der Waals surface area contributed by atoms with E-state index in [1.807, 2.05) is 34.9 Å². The number of fused-ring (bicyclic) bond motifs is 1. The van der Waals surface area contributed by atoms with Crippen molar-refractivity contribution >= 4 is 21.3 Å². The van der Waals surface area contributed by atoms with E-state index in [4.69, 9.17) is 0 Å². The number of sulfone groups is 1. The second-order valence-electron chi connectivity index (χ2n) is 5.52. The quantitative estimate of drug-likeness (QED) is 0.804. The van der Waals surface area contributed by atoms with Crippen LogP contribution in [-0.2, 0) is 9.84 Å². The second kappa shape index (κ2) is 5.18. The van der Waals surface area contributed by atoms with Crippen LogP contribution in [-0.4, -0.2) is 47.7 Å². The minimum absolute atomic E-state index is 0.0489. The molecule has 0 saturated carbocycles. The molecule has 2 aromatic rings. The van der Waals surface area contributed by atoms with Gasteiger partial charge in [0.15, 0.2) is 9.84 Å². The number of amides is 1. The Kier molecular flexibility index (Phi) is 3.49. The Morgan fingerprint density at radius 3 is 2.86 bits per heavy atom. The van der Waals surface area contributed by atoms with E-state index in [0.29, 0.717) is 18.5 Å². The van der Waals surface area contributed by atoms with Gasteiger partial charge in [0.25, 0.3) is 5.91 Å². The van der Waals surface area contributed by atoms with Gasteiger partial charge >= 0.3 is 0 Å². The first-order valence-electron chi connectivity index (χ1n) is 7.05. The maximum atomic E-state index is 12.6. The van der Waals surface area contributed by atoms with Crippen LogP contribution in [0.4, 0.5) is 0 Å². The topological polar surface area (TPSA) is 58.9 Å². The van der Waals surface area contributed by atoms with E-state index in [2.05, 4.69) is 0 Å². The van der Waals surface area contributed by atoms with Crippen LogP contribution >= 0.6 is 0 Å². The Bertz CT molecular complexity index is 746. The number of pyridine rings is 1. The van der Waals surface area contributed by atoms with E-state index in [1.54, 1.807) is 18.0 Å². The summed E-state index contributed by atoms with van der Waals surface area (Å²) in [5.74, 6) is -0.0456. The zero-order valence-corrected chi connectivity index (χ0v) is 12.7. The zero-order chi connectivity index (χ0) is 15.0. The van der Waals surface area contributed by atoms with Gasteiger partial charge in [-0.2, -0.15) is 0 Å². The van der Waals surface area contributed by atoms with Crippen molar-refractivity contribution in [1.82, 2.24) is 9.30 Å². The van der Waals surface area contributed by atoms with Crippen molar-refractivity contribution < 1.29 is 13.2 Å². The van der Waals surface area contributed by atoms with Gasteiger partial charge in [0.05, 0.1) is 16.6 Å². The summed E-state index contributed by atoms with van der Waals surface area (Å²) in [6.07, 6.45) is 4.18. The number of hydrogen-bond acceptors (Lipinski definition) is 3. The van der Waals surface area contributed by atoms with Crippen molar-refractivity contribution in [2.24, 2.45) is 0 Å². The van der Waals surface area contributed by atoms with E-state index in [1.165, 1.54) is 0 Å². The minimum Gasteiger partial charge on any atom is -0.338 e. The van der Waals surface area contributed by atoms with Crippen molar-refractivity contribution in [3.05, 3.63) is 42.2 Å². The summed E-state index contributed by atoms with van der Waals surface area (Å²) in [6.45, 7) is 2.49. The second-order valence-corrected chi connectivity index (χ2v) is 8.06. The highest BCUT2D eigenvalue weighted by atomic mass is 32.2. The lowest BCUT2D eigenvalue weighted by molar-refractivity contribution is 0.0767. The number of carbonyl (C=O) groups excluding carboxylic acids is 1. The minimum atomic E-state index is -3.07. The van der Waals surface area contributed by atoms with E-state index in [0.717, 1.165) is 5.52 Å². The highest BCUT2D eigenvalue weighted by molar-refractivity contribution is 7.92. The fourth-order valence-corrected chi connectivity index (χ4v) is 3.97. The lowest BCUT2D eigenvalue weighted by Crippen LogP contribution is -2.33. The van der Waals surface area contributed by atoms with Gasteiger partial charge in [-0.05, 0) is 31.5 Å². The van der Waals surface area contributed by atoms with Gasteiger partial charge in [-0.15, -0.1) is 0 Å². The molecule has 1 amide bonds. The van der Waals surface area contributed by atoms with Gasteiger partial charge in [0.2, 0.25) is 0 Å². The Labute approximate surface area is 124 Å². The van der Waals surface area contributed by atoms with Crippen molar-refractivity contribution in [2.45, 2.75) is 18.6 Å². The molecule has 0 aliphatic carbocycles. The molecule has 1 saturated heterocycles. The number of aromatic nitrogens is 1. The van der Waals surface area contributed by atoms with Crippen LogP contribution in [0.25, 0.3) is 5.52 Å². The van der Waals surface area contributed by atoms with Crippen LogP contribution in [0.15, 0.2) is 36.7 Å². The Morgan fingerprint density at radius 1 is 1.29 bits per heavy atom. The van der Waals surface area contributed by atoms with E-state index in [9.17, 15) is 13.2 Å². The highest BCUT2D eigenvalue weighted by Crippen LogP contribution is 2.17. The Balaban J connectivity index is 1.85. The third-order valence-electron chi connectivity index (χ3n) is 4.10. The third-order valence-corrected chi connectivity index (χ3v) is 6.32. The molecule has 1 aliphatic heterocycles. The van der Waals surface area contributed by atoms with Gasteiger partial charge in [0.1, 0.15) is 0 Å².